The van der Waals surface area contributed by atoms with Crippen molar-refractivity contribution in [3.05, 3.63) is 35.5 Å². The van der Waals surface area contributed by atoms with Gasteiger partial charge in [0.1, 0.15) is 11.4 Å². The molecule has 5 heteroatoms. The molecule has 0 saturated heterocycles. The number of benzene rings is 1. The quantitative estimate of drug-likeness (QED) is 0.843. The summed E-state index contributed by atoms with van der Waals surface area (Å²) >= 11 is 0. The van der Waals surface area contributed by atoms with Crippen LogP contribution >= 0.6 is 0 Å². The first-order chi connectivity index (χ1) is 8.65. The Labute approximate surface area is 105 Å². The molecule has 5 nitrogen and oxygen atoms in total. The number of methoxy groups -OCH3 is 2. The first kappa shape index (κ1) is 12.2. The van der Waals surface area contributed by atoms with E-state index in [2.05, 4.69) is 14.9 Å². The third kappa shape index (κ3) is 2.20. The van der Waals surface area contributed by atoms with Crippen molar-refractivity contribution in [2.45, 2.75) is 6.92 Å². The highest BCUT2D eigenvalue weighted by molar-refractivity contribution is 5.88. The summed E-state index contributed by atoms with van der Waals surface area (Å²) in [7, 11) is 2.93. The highest BCUT2D eigenvalue weighted by Gasteiger charge is 2.14. The minimum atomic E-state index is -0.444. The number of nitrogens with one attached hydrogen (secondary N) is 1. The van der Waals surface area contributed by atoms with E-state index in [1.807, 2.05) is 25.1 Å². The second kappa shape index (κ2) is 4.91. The second-order valence-electron chi connectivity index (χ2n) is 3.86. The van der Waals surface area contributed by atoms with E-state index in [0.717, 1.165) is 11.1 Å². The molecule has 1 aromatic heterocycles. The molecule has 1 heterocycles. The minimum Gasteiger partial charge on any atom is -0.496 e. The summed E-state index contributed by atoms with van der Waals surface area (Å²) in [6.45, 7) is 1.98. The zero-order valence-electron chi connectivity index (χ0n) is 10.5. The monoisotopic (exact) mass is 246 g/mol. The van der Waals surface area contributed by atoms with Gasteiger partial charge in [-0.1, -0.05) is 11.6 Å². The highest BCUT2D eigenvalue weighted by Crippen LogP contribution is 2.29. The molecule has 2 rings (SSSR count). The van der Waals surface area contributed by atoms with Gasteiger partial charge in [0.2, 0.25) is 0 Å². The van der Waals surface area contributed by atoms with Gasteiger partial charge in [-0.25, -0.2) is 4.79 Å². The van der Waals surface area contributed by atoms with Crippen LogP contribution in [0, 0.1) is 6.92 Å². The number of carbonyl (C=O) groups excluding carboxylic acids is 1. The van der Waals surface area contributed by atoms with E-state index in [1.54, 1.807) is 13.2 Å². The maximum absolute atomic E-state index is 11.4. The standard InChI is InChI=1S/C13H14N2O3/c1-8-4-5-12(17-2)9(6-8)10-7-11(15-14-10)13(16)18-3/h4-7H,1-3H3,(H,14,15). The van der Waals surface area contributed by atoms with E-state index in [0.29, 0.717) is 17.1 Å². The number of aromatic amines is 1. The lowest BCUT2D eigenvalue weighted by atomic mass is 10.1. The first-order valence-corrected chi connectivity index (χ1v) is 5.44. The summed E-state index contributed by atoms with van der Waals surface area (Å²) in [6, 6.07) is 7.42. The van der Waals surface area contributed by atoms with Gasteiger partial charge in [0.25, 0.3) is 0 Å². The van der Waals surface area contributed by atoms with Crippen LogP contribution in [-0.2, 0) is 4.74 Å². The number of aryl methyl sites for hydroxylation is 1. The van der Waals surface area contributed by atoms with E-state index >= 15 is 0 Å². The van der Waals surface area contributed by atoms with Gasteiger partial charge in [0.15, 0.2) is 0 Å². The molecule has 18 heavy (non-hydrogen) atoms. The summed E-state index contributed by atoms with van der Waals surface area (Å²) in [4.78, 5) is 11.4. The van der Waals surface area contributed by atoms with Crippen molar-refractivity contribution in [1.82, 2.24) is 10.2 Å². The van der Waals surface area contributed by atoms with Crippen molar-refractivity contribution >= 4 is 5.97 Å². The Bertz CT molecular complexity index is 575. The molecule has 0 unspecified atom stereocenters. The number of aromatic nitrogens is 2. The Morgan fingerprint density at radius 1 is 1.28 bits per heavy atom. The number of carbonyl (C=O) groups is 1. The maximum atomic E-state index is 11.4. The predicted octanol–water partition coefficient (Wildman–Crippen LogP) is 2.18. The summed E-state index contributed by atoms with van der Waals surface area (Å²) in [6.07, 6.45) is 0. The summed E-state index contributed by atoms with van der Waals surface area (Å²) in [5.41, 5.74) is 2.89. The molecule has 0 amide bonds. The number of H-pyrrole nitrogens is 1. The summed E-state index contributed by atoms with van der Waals surface area (Å²) in [5.74, 6) is 0.267. The van der Waals surface area contributed by atoms with E-state index in [1.165, 1.54) is 7.11 Å². The Balaban J connectivity index is 2.45. The lowest BCUT2D eigenvalue weighted by Gasteiger charge is -2.06. The van der Waals surface area contributed by atoms with Crippen molar-refractivity contribution in [3.63, 3.8) is 0 Å². The van der Waals surface area contributed by atoms with Gasteiger partial charge >= 0.3 is 5.97 Å². The molecule has 0 saturated carbocycles. The van der Waals surface area contributed by atoms with E-state index < -0.39 is 5.97 Å². The number of rotatable bonds is 3. The Hall–Kier alpha value is -2.30. The fourth-order valence-electron chi connectivity index (χ4n) is 1.70. The number of hydrogen-bond acceptors (Lipinski definition) is 4. The van der Waals surface area contributed by atoms with Crippen LogP contribution in [0.4, 0.5) is 0 Å². The fourth-order valence-corrected chi connectivity index (χ4v) is 1.70. The summed E-state index contributed by atoms with van der Waals surface area (Å²) in [5, 5.41) is 6.74. The lowest BCUT2D eigenvalue weighted by Crippen LogP contribution is -2.00. The largest absolute Gasteiger partial charge is 0.496 e. The van der Waals surface area contributed by atoms with Crippen molar-refractivity contribution in [2.24, 2.45) is 0 Å². The maximum Gasteiger partial charge on any atom is 0.356 e. The molecule has 0 spiro atoms. The number of ether oxygens (including phenoxy) is 2. The van der Waals surface area contributed by atoms with Gasteiger partial charge in [-0.15, -0.1) is 0 Å². The molecule has 0 radical (unpaired) electrons. The SMILES string of the molecule is COC(=O)c1cc(-c2cc(C)ccc2OC)n[nH]1. The molecule has 2 aromatic rings. The third-order valence-corrected chi connectivity index (χ3v) is 2.61. The van der Waals surface area contributed by atoms with Crippen LogP contribution in [0.1, 0.15) is 16.1 Å². The number of hydrogen-bond donors (Lipinski definition) is 1. The van der Waals surface area contributed by atoms with Crippen LogP contribution < -0.4 is 4.74 Å². The van der Waals surface area contributed by atoms with Gasteiger partial charge < -0.3 is 9.47 Å². The Morgan fingerprint density at radius 3 is 2.72 bits per heavy atom. The third-order valence-electron chi connectivity index (χ3n) is 2.61. The van der Waals surface area contributed by atoms with Gasteiger partial charge in [0, 0.05) is 5.56 Å². The molecule has 0 atom stereocenters. The van der Waals surface area contributed by atoms with Crippen LogP contribution in [-0.4, -0.2) is 30.4 Å². The summed E-state index contributed by atoms with van der Waals surface area (Å²) < 4.78 is 9.91. The van der Waals surface area contributed by atoms with E-state index in [9.17, 15) is 4.79 Å². The molecule has 94 valence electrons. The molecule has 0 aliphatic carbocycles. The van der Waals surface area contributed by atoms with Crippen molar-refractivity contribution in [1.29, 1.82) is 0 Å². The zero-order valence-corrected chi connectivity index (χ0v) is 10.5. The van der Waals surface area contributed by atoms with Crippen molar-refractivity contribution in [2.75, 3.05) is 14.2 Å². The molecule has 0 aliphatic heterocycles. The Morgan fingerprint density at radius 2 is 2.06 bits per heavy atom. The van der Waals surface area contributed by atoms with Crippen LogP contribution in [0.15, 0.2) is 24.3 Å². The van der Waals surface area contributed by atoms with Gasteiger partial charge in [-0.2, -0.15) is 5.10 Å². The Kier molecular flexibility index (Phi) is 3.32. The van der Waals surface area contributed by atoms with Gasteiger partial charge in [0.05, 0.1) is 19.9 Å². The molecular formula is C13H14N2O3. The lowest BCUT2D eigenvalue weighted by molar-refractivity contribution is 0.0594. The molecule has 1 N–H and O–H groups in total. The molecule has 0 aliphatic rings. The van der Waals surface area contributed by atoms with E-state index in [4.69, 9.17) is 4.74 Å². The normalized spacial score (nSPS) is 10.2. The average molecular weight is 246 g/mol. The smallest absolute Gasteiger partial charge is 0.356 e. The van der Waals surface area contributed by atoms with Crippen molar-refractivity contribution < 1.29 is 14.3 Å². The topological polar surface area (TPSA) is 64.2 Å². The van der Waals surface area contributed by atoms with Crippen LogP contribution in [0.2, 0.25) is 0 Å². The van der Waals surface area contributed by atoms with Gasteiger partial charge in [-0.3, -0.25) is 5.10 Å². The highest BCUT2D eigenvalue weighted by atomic mass is 16.5. The van der Waals surface area contributed by atoms with Crippen LogP contribution in [0.5, 0.6) is 5.75 Å². The van der Waals surface area contributed by atoms with Gasteiger partial charge in [-0.05, 0) is 25.1 Å². The average Bonchev–Trinajstić information content (AvgIpc) is 2.87. The van der Waals surface area contributed by atoms with Crippen molar-refractivity contribution in [3.8, 4) is 17.0 Å². The second-order valence-corrected chi connectivity index (χ2v) is 3.86. The minimum absolute atomic E-state index is 0.316. The molecular weight excluding hydrogens is 232 g/mol. The molecule has 0 bridgehead atoms. The molecule has 0 fully saturated rings. The first-order valence-electron chi connectivity index (χ1n) is 5.44. The number of nitrogens with zero attached hydrogens (tertiary/aromatic N) is 1. The predicted molar refractivity (Wildman–Crippen MR) is 66.7 cm³/mol. The van der Waals surface area contributed by atoms with Crippen LogP contribution in [0.3, 0.4) is 0 Å². The zero-order chi connectivity index (χ0) is 13.1. The van der Waals surface area contributed by atoms with E-state index in [-0.39, 0.29) is 0 Å². The fraction of sp³-hybridized carbons (Fsp3) is 0.231. The van der Waals surface area contributed by atoms with Crippen LogP contribution in [0.25, 0.3) is 11.3 Å². The molecule has 1 aromatic carbocycles. The number of esters is 1.